The molecule has 0 heterocycles. The molecule has 0 rings (SSSR count). The molecule has 4 heteroatoms. The number of hydrogen-bond donors (Lipinski definition) is 0. The first kappa shape index (κ1) is 9.31. The van der Waals surface area contributed by atoms with Gasteiger partial charge in [-0.25, -0.2) is 0 Å². The highest BCUT2D eigenvalue weighted by Crippen LogP contribution is 2.09. The summed E-state index contributed by atoms with van der Waals surface area (Å²) in [4.78, 5) is 10.6. The monoisotopic (exact) mass is 159 g/mol. The summed E-state index contributed by atoms with van der Waals surface area (Å²) in [6, 6.07) is 1.98. The second-order valence-electron chi connectivity index (χ2n) is 1.63. The van der Waals surface area contributed by atoms with Crippen molar-refractivity contribution in [1.29, 1.82) is 5.26 Å². The summed E-state index contributed by atoms with van der Waals surface area (Å²) in [7, 11) is 1.32. The van der Waals surface area contributed by atoms with Crippen LogP contribution in [0.2, 0.25) is 0 Å². The maximum Gasteiger partial charge on any atom is 0.307 e. The van der Waals surface area contributed by atoms with Gasteiger partial charge in [0.15, 0.2) is 0 Å². The topological polar surface area (TPSA) is 50.1 Å². The highest BCUT2D eigenvalue weighted by Gasteiger charge is 2.10. The summed E-state index contributed by atoms with van der Waals surface area (Å²) < 4.78 is 4.38. The van der Waals surface area contributed by atoms with Crippen molar-refractivity contribution in [1.82, 2.24) is 0 Å². The SMILES string of the molecule is COC(=O)CC(C#N)SC. The highest BCUT2D eigenvalue weighted by molar-refractivity contribution is 7.99. The van der Waals surface area contributed by atoms with Crippen LogP contribution in [0.4, 0.5) is 0 Å². The number of hydrogen-bond acceptors (Lipinski definition) is 4. The molecule has 0 amide bonds. The van der Waals surface area contributed by atoms with Gasteiger partial charge in [-0.15, -0.1) is 11.8 Å². The van der Waals surface area contributed by atoms with Crippen LogP contribution in [0.15, 0.2) is 0 Å². The first-order valence-corrected chi connectivity index (χ1v) is 4.02. The minimum Gasteiger partial charge on any atom is -0.469 e. The van der Waals surface area contributed by atoms with Crippen LogP contribution in [-0.2, 0) is 9.53 Å². The van der Waals surface area contributed by atoms with Crippen molar-refractivity contribution in [3.05, 3.63) is 0 Å². The molecule has 0 bridgehead atoms. The average Bonchev–Trinajstić information content (AvgIpc) is 1.99. The Hall–Kier alpha value is -0.690. The lowest BCUT2D eigenvalue weighted by atomic mass is 10.3. The van der Waals surface area contributed by atoms with Crippen molar-refractivity contribution >= 4 is 17.7 Å². The molecule has 0 aromatic heterocycles. The van der Waals surface area contributed by atoms with E-state index in [2.05, 4.69) is 4.74 Å². The Kier molecular flexibility index (Phi) is 4.77. The van der Waals surface area contributed by atoms with Crippen LogP contribution in [0.5, 0.6) is 0 Å². The average molecular weight is 159 g/mol. The largest absolute Gasteiger partial charge is 0.469 e. The molecule has 0 aliphatic rings. The van der Waals surface area contributed by atoms with Crippen LogP contribution in [0.3, 0.4) is 0 Å². The minimum absolute atomic E-state index is 0.175. The van der Waals surface area contributed by atoms with E-state index in [0.717, 1.165) is 0 Å². The second-order valence-corrected chi connectivity index (χ2v) is 2.67. The normalized spacial score (nSPS) is 11.7. The van der Waals surface area contributed by atoms with Crippen LogP contribution in [-0.4, -0.2) is 24.6 Å². The van der Waals surface area contributed by atoms with E-state index in [9.17, 15) is 4.79 Å². The summed E-state index contributed by atoms with van der Waals surface area (Å²) in [6.07, 6.45) is 1.96. The van der Waals surface area contributed by atoms with Crippen LogP contribution < -0.4 is 0 Å². The Morgan fingerprint density at radius 3 is 2.80 bits per heavy atom. The zero-order chi connectivity index (χ0) is 7.98. The van der Waals surface area contributed by atoms with E-state index in [1.807, 2.05) is 6.07 Å². The number of carbonyl (C=O) groups excluding carboxylic acids is 1. The zero-order valence-electron chi connectivity index (χ0n) is 5.96. The fourth-order valence-corrected chi connectivity index (χ4v) is 0.825. The Labute approximate surface area is 64.4 Å². The third-order valence-electron chi connectivity index (χ3n) is 1.01. The Balaban J connectivity index is 3.66. The molecule has 0 spiro atoms. The fraction of sp³-hybridized carbons (Fsp3) is 0.667. The molecular weight excluding hydrogens is 150 g/mol. The van der Waals surface area contributed by atoms with Crippen molar-refractivity contribution in [2.45, 2.75) is 11.7 Å². The van der Waals surface area contributed by atoms with E-state index in [4.69, 9.17) is 5.26 Å². The molecule has 0 N–H and O–H groups in total. The van der Waals surface area contributed by atoms with Crippen molar-refractivity contribution in [2.75, 3.05) is 13.4 Å². The third-order valence-corrected chi connectivity index (χ3v) is 1.85. The predicted molar refractivity (Wildman–Crippen MR) is 39.5 cm³/mol. The summed E-state index contributed by atoms with van der Waals surface area (Å²) >= 11 is 1.35. The molecule has 3 nitrogen and oxygen atoms in total. The van der Waals surface area contributed by atoms with Gasteiger partial charge in [0, 0.05) is 0 Å². The van der Waals surface area contributed by atoms with Gasteiger partial charge >= 0.3 is 5.97 Å². The molecule has 0 aliphatic heterocycles. The van der Waals surface area contributed by atoms with E-state index in [0.29, 0.717) is 0 Å². The summed E-state index contributed by atoms with van der Waals surface area (Å²) in [5, 5.41) is 8.12. The molecule has 0 aromatic rings. The predicted octanol–water partition coefficient (Wildman–Crippen LogP) is 0.805. The lowest BCUT2D eigenvalue weighted by Crippen LogP contribution is -2.09. The molecule has 0 aliphatic carbocycles. The van der Waals surface area contributed by atoms with Gasteiger partial charge in [-0.3, -0.25) is 4.79 Å². The van der Waals surface area contributed by atoms with E-state index in [-0.39, 0.29) is 17.6 Å². The molecule has 0 saturated heterocycles. The summed E-state index contributed by atoms with van der Waals surface area (Å²) in [6.45, 7) is 0. The minimum atomic E-state index is -0.332. The summed E-state index contributed by atoms with van der Waals surface area (Å²) in [5.41, 5.74) is 0. The van der Waals surface area contributed by atoms with Gasteiger partial charge in [0.25, 0.3) is 0 Å². The molecule has 1 unspecified atom stereocenters. The molecule has 0 radical (unpaired) electrons. The quantitative estimate of drug-likeness (QED) is 0.572. The first-order valence-electron chi connectivity index (χ1n) is 2.73. The van der Waals surface area contributed by atoms with Gasteiger partial charge in [-0.05, 0) is 6.26 Å². The van der Waals surface area contributed by atoms with Crippen LogP contribution in [0, 0.1) is 11.3 Å². The van der Waals surface area contributed by atoms with Crippen LogP contribution in [0.1, 0.15) is 6.42 Å². The molecular formula is C6H9NO2S. The maximum atomic E-state index is 10.6. The molecule has 10 heavy (non-hydrogen) atoms. The summed E-state index contributed by atoms with van der Waals surface area (Å²) in [5.74, 6) is -0.332. The standard InChI is InChI=1S/C6H9NO2S/c1-9-6(8)3-5(4-7)10-2/h5H,3H2,1-2H3. The van der Waals surface area contributed by atoms with E-state index >= 15 is 0 Å². The number of nitrogens with zero attached hydrogens (tertiary/aromatic N) is 1. The number of thioether (sulfide) groups is 1. The Morgan fingerprint density at radius 1 is 1.90 bits per heavy atom. The number of rotatable bonds is 3. The zero-order valence-corrected chi connectivity index (χ0v) is 6.77. The van der Waals surface area contributed by atoms with E-state index < -0.39 is 0 Å². The van der Waals surface area contributed by atoms with Gasteiger partial charge in [-0.2, -0.15) is 5.26 Å². The van der Waals surface area contributed by atoms with Gasteiger partial charge in [0.1, 0.15) is 5.25 Å². The van der Waals surface area contributed by atoms with E-state index in [1.165, 1.54) is 18.9 Å². The van der Waals surface area contributed by atoms with Gasteiger partial charge in [0.05, 0.1) is 19.6 Å². The van der Waals surface area contributed by atoms with Crippen molar-refractivity contribution < 1.29 is 9.53 Å². The second kappa shape index (κ2) is 5.12. The molecule has 0 saturated carbocycles. The maximum absolute atomic E-state index is 10.6. The highest BCUT2D eigenvalue weighted by atomic mass is 32.2. The number of esters is 1. The molecule has 56 valence electrons. The number of nitriles is 1. The molecule has 0 fully saturated rings. The molecule has 1 atom stereocenters. The van der Waals surface area contributed by atoms with Gasteiger partial charge < -0.3 is 4.74 Å². The Morgan fingerprint density at radius 2 is 2.50 bits per heavy atom. The van der Waals surface area contributed by atoms with Crippen molar-refractivity contribution in [3.63, 3.8) is 0 Å². The molecule has 0 aromatic carbocycles. The van der Waals surface area contributed by atoms with Gasteiger partial charge in [0.2, 0.25) is 0 Å². The first-order chi connectivity index (χ1) is 4.74. The van der Waals surface area contributed by atoms with Crippen molar-refractivity contribution in [3.8, 4) is 6.07 Å². The third kappa shape index (κ3) is 3.36. The Bertz CT molecular complexity index is 152. The van der Waals surface area contributed by atoms with Crippen molar-refractivity contribution in [2.24, 2.45) is 0 Å². The fourth-order valence-electron chi connectivity index (χ4n) is 0.416. The van der Waals surface area contributed by atoms with E-state index in [1.54, 1.807) is 6.26 Å². The smallest absolute Gasteiger partial charge is 0.307 e. The number of ether oxygens (including phenoxy) is 1. The number of methoxy groups -OCH3 is 1. The van der Waals surface area contributed by atoms with Gasteiger partial charge in [-0.1, -0.05) is 0 Å². The lowest BCUT2D eigenvalue weighted by Gasteiger charge is -2.01. The number of carbonyl (C=O) groups is 1. The van der Waals surface area contributed by atoms with Crippen LogP contribution in [0.25, 0.3) is 0 Å². The lowest BCUT2D eigenvalue weighted by molar-refractivity contribution is -0.140. The van der Waals surface area contributed by atoms with Crippen LogP contribution >= 0.6 is 11.8 Å².